The van der Waals surface area contributed by atoms with Crippen LogP contribution in [0.4, 0.5) is 0 Å². The summed E-state index contributed by atoms with van der Waals surface area (Å²) in [5, 5.41) is 3.48. The molecule has 0 amide bonds. The summed E-state index contributed by atoms with van der Waals surface area (Å²) >= 11 is 0. The molecule has 0 aliphatic rings. The number of rotatable bonds is 6. The van der Waals surface area contributed by atoms with E-state index in [0.29, 0.717) is 6.04 Å². The molecule has 2 heteroatoms. The van der Waals surface area contributed by atoms with Gasteiger partial charge in [-0.15, -0.1) is 6.58 Å². The van der Waals surface area contributed by atoms with E-state index in [9.17, 15) is 0 Å². The first-order valence-corrected chi connectivity index (χ1v) is 5.14. The smallest absolute Gasteiger partial charge is 0.120 e. The normalized spacial score (nSPS) is 15.0. The van der Waals surface area contributed by atoms with Gasteiger partial charge in [-0.2, -0.15) is 0 Å². The Kier molecular flexibility index (Phi) is 4.47. The van der Waals surface area contributed by atoms with E-state index in [0.717, 1.165) is 18.6 Å². The first-order valence-electron chi connectivity index (χ1n) is 5.14. The minimum atomic E-state index is 0.282. The molecule has 0 bridgehead atoms. The third-order valence-electron chi connectivity index (χ3n) is 2.31. The van der Waals surface area contributed by atoms with Gasteiger partial charge in [0.15, 0.2) is 0 Å². The van der Waals surface area contributed by atoms with Gasteiger partial charge in [-0.1, -0.05) is 6.08 Å². The van der Waals surface area contributed by atoms with Gasteiger partial charge in [0.25, 0.3) is 0 Å². The highest BCUT2D eigenvalue weighted by atomic mass is 16.3. The van der Waals surface area contributed by atoms with Crippen molar-refractivity contribution in [2.75, 3.05) is 0 Å². The fourth-order valence-corrected chi connectivity index (χ4v) is 1.50. The first-order chi connectivity index (χ1) is 6.74. The van der Waals surface area contributed by atoms with Crippen molar-refractivity contribution in [3.63, 3.8) is 0 Å². The zero-order chi connectivity index (χ0) is 10.4. The molecule has 1 aromatic heterocycles. The van der Waals surface area contributed by atoms with Crippen molar-refractivity contribution in [1.29, 1.82) is 0 Å². The van der Waals surface area contributed by atoms with Crippen molar-refractivity contribution in [1.82, 2.24) is 5.32 Å². The summed E-state index contributed by atoms with van der Waals surface area (Å²) in [5.41, 5.74) is 0. The van der Waals surface area contributed by atoms with Gasteiger partial charge < -0.3 is 9.73 Å². The summed E-state index contributed by atoms with van der Waals surface area (Å²) in [5.74, 6) is 0.996. The Morgan fingerprint density at radius 3 is 2.93 bits per heavy atom. The molecular weight excluding hydrogens is 174 g/mol. The van der Waals surface area contributed by atoms with Crippen LogP contribution >= 0.6 is 0 Å². The second kappa shape index (κ2) is 5.66. The summed E-state index contributed by atoms with van der Waals surface area (Å²) in [6.45, 7) is 8.01. The summed E-state index contributed by atoms with van der Waals surface area (Å²) in [6, 6.07) is 4.69. The lowest BCUT2D eigenvalue weighted by atomic mass is 10.1. The number of furan rings is 1. The monoisotopic (exact) mass is 193 g/mol. The SMILES string of the molecule is C=CCCC(C)N[C@@H](C)c1ccco1. The van der Waals surface area contributed by atoms with Gasteiger partial charge in [-0.25, -0.2) is 0 Å². The van der Waals surface area contributed by atoms with Crippen LogP contribution in [0.1, 0.15) is 38.5 Å². The molecule has 78 valence electrons. The highest BCUT2D eigenvalue weighted by Gasteiger charge is 2.10. The predicted molar refractivity (Wildman–Crippen MR) is 59.2 cm³/mol. The Labute approximate surface area is 86.0 Å². The van der Waals surface area contributed by atoms with Crippen LogP contribution < -0.4 is 5.32 Å². The maximum absolute atomic E-state index is 5.32. The Hall–Kier alpha value is -1.02. The van der Waals surface area contributed by atoms with Gasteiger partial charge in [0, 0.05) is 6.04 Å². The summed E-state index contributed by atoms with van der Waals surface area (Å²) in [4.78, 5) is 0. The average molecular weight is 193 g/mol. The Balaban J connectivity index is 2.33. The molecule has 2 nitrogen and oxygen atoms in total. The molecule has 1 heterocycles. The van der Waals surface area contributed by atoms with E-state index in [1.165, 1.54) is 0 Å². The van der Waals surface area contributed by atoms with Gasteiger partial charge in [-0.05, 0) is 38.8 Å². The van der Waals surface area contributed by atoms with Crippen LogP contribution in [0.15, 0.2) is 35.5 Å². The number of nitrogens with one attached hydrogen (secondary N) is 1. The van der Waals surface area contributed by atoms with Crippen LogP contribution in [0.5, 0.6) is 0 Å². The second-order valence-corrected chi connectivity index (χ2v) is 3.67. The molecule has 2 atom stereocenters. The predicted octanol–water partition coefficient (Wildman–Crippen LogP) is 3.28. The molecule has 0 spiro atoms. The average Bonchev–Trinajstić information content (AvgIpc) is 2.67. The lowest BCUT2D eigenvalue weighted by Gasteiger charge is -2.17. The largest absolute Gasteiger partial charge is 0.468 e. The Morgan fingerprint density at radius 2 is 2.36 bits per heavy atom. The quantitative estimate of drug-likeness (QED) is 0.701. The fourth-order valence-electron chi connectivity index (χ4n) is 1.50. The van der Waals surface area contributed by atoms with E-state index >= 15 is 0 Å². The van der Waals surface area contributed by atoms with Crippen LogP contribution in [0.2, 0.25) is 0 Å². The Morgan fingerprint density at radius 1 is 1.57 bits per heavy atom. The maximum Gasteiger partial charge on any atom is 0.120 e. The second-order valence-electron chi connectivity index (χ2n) is 3.67. The molecule has 0 radical (unpaired) electrons. The highest BCUT2D eigenvalue weighted by molar-refractivity contribution is 5.03. The zero-order valence-corrected chi connectivity index (χ0v) is 8.99. The van der Waals surface area contributed by atoms with Crippen LogP contribution in [-0.2, 0) is 0 Å². The molecule has 1 rings (SSSR count). The standard InChI is InChI=1S/C12H19NO/c1-4-5-7-10(2)13-11(3)12-8-6-9-14-12/h4,6,8-11,13H,1,5,7H2,2-3H3/t10?,11-/m0/s1. The molecule has 1 unspecified atom stereocenters. The van der Waals surface area contributed by atoms with E-state index in [4.69, 9.17) is 4.42 Å². The molecule has 1 N–H and O–H groups in total. The third-order valence-corrected chi connectivity index (χ3v) is 2.31. The summed E-state index contributed by atoms with van der Waals surface area (Å²) in [6.07, 6.45) is 5.84. The molecule has 0 fully saturated rings. The topological polar surface area (TPSA) is 25.2 Å². The van der Waals surface area contributed by atoms with E-state index in [1.807, 2.05) is 18.2 Å². The third kappa shape index (κ3) is 3.38. The van der Waals surface area contributed by atoms with Gasteiger partial charge >= 0.3 is 0 Å². The van der Waals surface area contributed by atoms with Crippen molar-refractivity contribution in [2.24, 2.45) is 0 Å². The van der Waals surface area contributed by atoms with Crippen molar-refractivity contribution < 1.29 is 4.42 Å². The minimum Gasteiger partial charge on any atom is -0.468 e. The van der Waals surface area contributed by atoms with Gasteiger partial charge in [0.2, 0.25) is 0 Å². The minimum absolute atomic E-state index is 0.282. The molecule has 0 saturated heterocycles. The maximum atomic E-state index is 5.32. The van der Waals surface area contributed by atoms with Crippen molar-refractivity contribution in [3.05, 3.63) is 36.8 Å². The summed E-state index contributed by atoms with van der Waals surface area (Å²) < 4.78 is 5.32. The fraction of sp³-hybridized carbons (Fsp3) is 0.500. The van der Waals surface area contributed by atoms with E-state index in [1.54, 1.807) is 6.26 Å². The van der Waals surface area contributed by atoms with E-state index < -0.39 is 0 Å². The van der Waals surface area contributed by atoms with Crippen LogP contribution in [0, 0.1) is 0 Å². The lowest BCUT2D eigenvalue weighted by molar-refractivity contribution is 0.389. The van der Waals surface area contributed by atoms with Crippen LogP contribution in [0.25, 0.3) is 0 Å². The van der Waals surface area contributed by atoms with Crippen LogP contribution in [0.3, 0.4) is 0 Å². The van der Waals surface area contributed by atoms with Gasteiger partial charge in [0.05, 0.1) is 12.3 Å². The number of hydrogen-bond acceptors (Lipinski definition) is 2. The molecule has 0 aliphatic heterocycles. The van der Waals surface area contributed by atoms with Crippen LogP contribution in [-0.4, -0.2) is 6.04 Å². The molecular formula is C12H19NO. The molecule has 1 aromatic rings. The highest BCUT2D eigenvalue weighted by Crippen LogP contribution is 2.13. The molecule has 0 aromatic carbocycles. The van der Waals surface area contributed by atoms with E-state index in [-0.39, 0.29) is 6.04 Å². The van der Waals surface area contributed by atoms with Crippen molar-refractivity contribution in [3.8, 4) is 0 Å². The van der Waals surface area contributed by atoms with Crippen molar-refractivity contribution in [2.45, 2.75) is 38.8 Å². The lowest BCUT2D eigenvalue weighted by Crippen LogP contribution is -2.28. The molecule has 0 saturated carbocycles. The van der Waals surface area contributed by atoms with Crippen molar-refractivity contribution >= 4 is 0 Å². The number of hydrogen-bond donors (Lipinski definition) is 1. The van der Waals surface area contributed by atoms with Gasteiger partial charge in [-0.3, -0.25) is 0 Å². The molecule has 14 heavy (non-hydrogen) atoms. The first kappa shape index (κ1) is 11.1. The number of allylic oxidation sites excluding steroid dienone is 1. The molecule has 0 aliphatic carbocycles. The van der Waals surface area contributed by atoms with Gasteiger partial charge in [0.1, 0.15) is 5.76 Å². The summed E-state index contributed by atoms with van der Waals surface area (Å²) in [7, 11) is 0. The zero-order valence-electron chi connectivity index (χ0n) is 8.99. The van der Waals surface area contributed by atoms with E-state index in [2.05, 4.69) is 25.7 Å². The Bertz CT molecular complexity index is 253.